The van der Waals surface area contributed by atoms with Crippen LogP contribution < -0.4 is 0 Å². The maximum Gasteiger partial charge on any atom is 0.331 e. The van der Waals surface area contributed by atoms with Gasteiger partial charge in [0.05, 0.1) is 5.71 Å². The molecule has 4 aliphatic rings. The average Bonchev–Trinajstić information content (AvgIpc) is 3.03. The molecule has 3 saturated carbocycles. The second-order valence-corrected chi connectivity index (χ2v) is 11.6. The lowest BCUT2D eigenvalue weighted by Crippen LogP contribution is -2.51. The summed E-state index contributed by atoms with van der Waals surface area (Å²) in [6.45, 7) is 9.24. The minimum Gasteiger partial charge on any atom is -0.462 e. The first-order chi connectivity index (χ1) is 16.0. The second kappa shape index (κ2) is 9.08. The van der Waals surface area contributed by atoms with Gasteiger partial charge in [0.2, 0.25) is 6.54 Å². The summed E-state index contributed by atoms with van der Waals surface area (Å²) in [5.74, 6) is 0.501. The Morgan fingerprint density at radius 3 is 2.53 bits per heavy atom. The molecule has 0 spiro atoms. The van der Waals surface area contributed by atoms with Crippen molar-refractivity contribution >= 4 is 17.7 Å². The molecule has 0 aromatic rings. The number of hydrogen-bond acceptors (Lipinski definition) is 7. The van der Waals surface area contributed by atoms with Crippen LogP contribution in [0.25, 0.3) is 0 Å². The Labute approximate surface area is 201 Å². The number of esters is 1. The maximum absolute atomic E-state index is 11.6. The Morgan fingerprint density at radius 1 is 1.15 bits per heavy atom. The van der Waals surface area contributed by atoms with Crippen LogP contribution in [0.5, 0.6) is 0 Å². The Bertz CT molecular complexity index is 928. The molecule has 0 aliphatic heterocycles. The fourth-order valence-corrected chi connectivity index (χ4v) is 8.52. The molecular weight excluding hydrogens is 436 g/mol. The van der Waals surface area contributed by atoms with Crippen LogP contribution in [0.1, 0.15) is 79.6 Å². The van der Waals surface area contributed by atoms with E-state index in [1.54, 1.807) is 0 Å². The van der Waals surface area contributed by atoms with Crippen LogP contribution in [0.15, 0.2) is 16.8 Å². The van der Waals surface area contributed by atoms with Crippen LogP contribution >= 0.6 is 0 Å². The van der Waals surface area contributed by atoms with Crippen LogP contribution in [-0.2, 0) is 19.2 Å². The number of rotatable bonds is 5. The Morgan fingerprint density at radius 2 is 1.88 bits per heavy atom. The van der Waals surface area contributed by atoms with E-state index in [1.807, 2.05) is 6.92 Å². The smallest absolute Gasteiger partial charge is 0.331 e. The van der Waals surface area contributed by atoms with Gasteiger partial charge < -0.3 is 9.57 Å². The zero-order chi connectivity index (χ0) is 24.8. The van der Waals surface area contributed by atoms with Crippen molar-refractivity contribution in [2.45, 2.75) is 85.7 Å². The lowest BCUT2D eigenvalue weighted by molar-refractivity contribution is -0.489. The summed E-state index contributed by atoms with van der Waals surface area (Å²) < 4.78 is 5.55. The van der Waals surface area contributed by atoms with E-state index in [0.717, 1.165) is 44.9 Å². The van der Waals surface area contributed by atoms with E-state index in [4.69, 9.17) is 9.57 Å². The van der Waals surface area contributed by atoms with Crippen molar-refractivity contribution in [2.75, 3.05) is 6.54 Å². The predicted molar refractivity (Wildman–Crippen MR) is 126 cm³/mol. The molecule has 4 rings (SSSR count). The second-order valence-electron chi connectivity index (χ2n) is 11.6. The van der Waals surface area contributed by atoms with Crippen LogP contribution in [0, 0.1) is 50.5 Å². The average molecular weight is 475 g/mol. The summed E-state index contributed by atoms with van der Waals surface area (Å²) in [5, 5.41) is 15.7. The van der Waals surface area contributed by atoms with Gasteiger partial charge in [-0.05, 0) is 74.0 Å². The maximum atomic E-state index is 11.6. The number of carbonyl (C=O) groups excluding carboxylic acids is 2. The monoisotopic (exact) mass is 474 g/mol. The minimum atomic E-state index is -0.476. The molecule has 0 unspecified atom stereocenters. The lowest BCUT2D eigenvalue weighted by Gasteiger charge is -2.58. The summed E-state index contributed by atoms with van der Waals surface area (Å²) >= 11 is 0. The standard InChI is InChI=1S/C26H38N2O6/c1-15(27-34-17(3)30)24-18(14-28(31)32)12-23-21-7-6-19-13-20(33-16(2)29)8-10-25(19,4)22(21)9-11-26(23,24)5/h6,18,20-24H,7-14H2,1-5H3/b27-15+/t18-,20-,21+,22+,23+,24-,25-,26-/m0/s1. The fraction of sp³-hybridized carbons (Fsp3) is 0.808. The lowest BCUT2D eigenvalue weighted by atomic mass is 9.47. The van der Waals surface area contributed by atoms with Gasteiger partial charge in [-0.3, -0.25) is 14.9 Å². The highest BCUT2D eigenvalue weighted by Crippen LogP contribution is 2.67. The van der Waals surface area contributed by atoms with Crippen molar-refractivity contribution in [3.05, 3.63) is 21.8 Å². The van der Waals surface area contributed by atoms with Crippen LogP contribution in [-0.4, -0.2) is 35.2 Å². The zero-order valence-corrected chi connectivity index (χ0v) is 21.0. The first-order valence-corrected chi connectivity index (χ1v) is 12.7. The van der Waals surface area contributed by atoms with E-state index in [9.17, 15) is 19.7 Å². The molecule has 3 fully saturated rings. The number of carbonyl (C=O) groups is 2. The number of hydrogen-bond donors (Lipinski definition) is 0. The van der Waals surface area contributed by atoms with Crippen LogP contribution in [0.2, 0.25) is 0 Å². The number of nitro groups is 1. The first kappa shape index (κ1) is 24.9. The van der Waals surface area contributed by atoms with Gasteiger partial charge in [0.25, 0.3) is 0 Å². The number of fused-ring (bicyclic) bond motifs is 5. The van der Waals surface area contributed by atoms with E-state index in [-0.39, 0.29) is 46.2 Å². The summed E-state index contributed by atoms with van der Waals surface area (Å²) in [4.78, 5) is 39.2. The molecular formula is C26H38N2O6. The Balaban J connectivity index is 1.63. The number of oxime groups is 1. The molecule has 4 aliphatic carbocycles. The topological polar surface area (TPSA) is 108 Å². The van der Waals surface area contributed by atoms with Crippen molar-refractivity contribution < 1.29 is 24.1 Å². The van der Waals surface area contributed by atoms with Crippen LogP contribution in [0.4, 0.5) is 0 Å². The molecule has 188 valence electrons. The minimum absolute atomic E-state index is 0.0253. The van der Waals surface area contributed by atoms with Crippen molar-refractivity contribution in [1.29, 1.82) is 0 Å². The molecule has 0 bridgehead atoms. The van der Waals surface area contributed by atoms with Gasteiger partial charge in [-0.15, -0.1) is 0 Å². The van der Waals surface area contributed by atoms with Gasteiger partial charge in [-0.25, -0.2) is 4.79 Å². The Hall–Kier alpha value is -2.25. The molecule has 0 aromatic heterocycles. The normalized spacial score (nSPS) is 41.4. The fourth-order valence-electron chi connectivity index (χ4n) is 8.52. The van der Waals surface area contributed by atoms with Crippen molar-refractivity contribution in [1.82, 2.24) is 0 Å². The summed E-state index contributed by atoms with van der Waals surface area (Å²) in [6.07, 6.45) is 8.93. The van der Waals surface area contributed by atoms with E-state index < -0.39 is 5.97 Å². The highest BCUT2D eigenvalue weighted by atomic mass is 16.7. The molecule has 0 saturated heterocycles. The van der Waals surface area contributed by atoms with E-state index in [2.05, 4.69) is 25.1 Å². The molecule has 0 N–H and O–H groups in total. The number of ether oxygens (including phenoxy) is 1. The number of nitrogens with zero attached hydrogens (tertiary/aromatic N) is 2. The van der Waals surface area contributed by atoms with Crippen molar-refractivity contribution in [2.24, 2.45) is 45.6 Å². The SMILES string of the molecule is CC(=O)O/N=C(\C)[C@H]1[C@H](C[N+](=O)[O-])C[C@@H]2[C@@H]3CC=C4C[C@@H](OC(C)=O)CC[C@]4(C)[C@@H]3CC[C@@]21C. The van der Waals surface area contributed by atoms with Crippen molar-refractivity contribution in [3.63, 3.8) is 0 Å². The van der Waals surface area contributed by atoms with Gasteiger partial charge >= 0.3 is 11.9 Å². The largest absolute Gasteiger partial charge is 0.462 e. The zero-order valence-electron chi connectivity index (χ0n) is 21.0. The molecule has 0 amide bonds. The first-order valence-electron chi connectivity index (χ1n) is 12.7. The highest BCUT2D eigenvalue weighted by molar-refractivity contribution is 5.86. The van der Waals surface area contributed by atoms with Crippen molar-refractivity contribution in [3.8, 4) is 0 Å². The highest BCUT2D eigenvalue weighted by Gasteiger charge is 2.62. The van der Waals surface area contributed by atoms with Gasteiger partial charge in [0.15, 0.2) is 0 Å². The van der Waals surface area contributed by atoms with Gasteiger partial charge in [-0.1, -0.05) is 30.7 Å². The van der Waals surface area contributed by atoms with E-state index >= 15 is 0 Å². The molecule has 8 atom stereocenters. The Kier molecular flexibility index (Phi) is 6.64. The molecule has 8 heteroatoms. The predicted octanol–water partition coefficient (Wildman–Crippen LogP) is 4.94. The van der Waals surface area contributed by atoms with E-state index in [1.165, 1.54) is 19.4 Å². The van der Waals surface area contributed by atoms with Gasteiger partial charge in [-0.2, -0.15) is 0 Å². The summed E-state index contributed by atoms with van der Waals surface area (Å²) in [7, 11) is 0. The van der Waals surface area contributed by atoms with Gasteiger partial charge in [0.1, 0.15) is 6.10 Å². The third kappa shape index (κ3) is 4.29. The van der Waals surface area contributed by atoms with Crippen LogP contribution in [0.3, 0.4) is 0 Å². The summed E-state index contributed by atoms with van der Waals surface area (Å²) in [6, 6.07) is 0. The van der Waals surface area contributed by atoms with Gasteiger partial charge in [0, 0.05) is 37.0 Å². The molecule has 0 heterocycles. The molecule has 34 heavy (non-hydrogen) atoms. The number of allylic oxidation sites excluding steroid dienone is 1. The molecule has 0 aromatic carbocycles. The molecule has 0 radical (unpaired) electrons. The third-order valence-corrected chi connectivity index (χ3v) is 9.72. The van der Waals surface area contributed by atoms with E-state index in [0.29, 0.717) is 23.5 Å². The summed E-state index contributed by atoms with van der Waals surface area (Å²) in [5.41, 5.74) is 2.12. The third-order valence-electron chi connectivity index (χ3n) is 9.72. The molecule has 8 nitrogen and oxygen atoms in total. The quantitative estimate of drug-likeness (QED) is 0.139.